The predicted octanol–water partition coefficient (Wildman–Crippen LogP) is 1.95. The van der Waals surface area contributed by atoms with Crippen molar-refractivity contribution in [2.24, 2.45) is 4.99 Å². The van der Waals surface area contributed by atoms with Gasteiger partial charge in [-0.15, -0.1) is 11.3 Å². The Bertz CT molecular complexity index is 848. The summed E-state index contributed by atoms with van der Waals surface area (Å²) in [4.78, 5) is 9.13. The van der Waals surface area contributed by atoms with Crippen LogP contribution >= 0.6 is 22.9 Å². The van der Waals surface area contributed by atoms with Crippen LogP contribution in [0.2, 0.25) is 5.15 Å². The number of aromatic nitrogens is 1. The first kappa shape index (κ1) is 20.6. The van der Waals surface area contributed by atoms with Crippen molar-refractivity contribution in [2.75, 3.05) is 27.7 Å². The molecule has 2 rings (SSSR count). The summed E-state index contributed by atoms with van der Waals surface area (Å²) in [6.45, 7) is 1.18. The molecule has 0 bridgehead atoms. The van der Waals surface area contributed by atoms with Crippen molar-refractivity contribution >= 4 is 38.9 Å². The Hall–Kier alpha value is -1.68. The number of hydrogen-bond donors (Lipinski definition) is 2. The standard InChI is InChI=1S/C16H22ClN5O2S2/c1-18-16(19-9-8-12-4-6-14(17)20-10-12)21-11-13-5-7-15(25-13)26(23,24)22(2)3/h4-7,10H,8-9,11H2,1-3H3,(H2,18,19,21). The van der Waals surface area contributed by atoms with Gasteiger partial charge in [0.25, 0.3) is 10.0 Å². The van der Waals surface area contributed by atoms with Crippen molar-refractivity contribution < 1.29 is 8.42 Å². The maximum Gasteiger partial charge on any atom is 0.252 e. The molecule has 0 saturated carbocycles. The van der Waals surface area contributed by atoms with Crippen molar-refractivity contribution in [3.05, 3.63) is 46.1 Å². The van der Waals surface area contributed by atoms with Crippen LogP contribution < -0.4 is 10.6 Å². The zero-order valence-corrected chi connectivity index (χ0v) is 17.2. The van der Waals surface area contributed by atoms with Gasteiger partial charge in [0, 0.05) is 38.8 Å². The molecule has 0 spiro atoms. The predicted molar refractivity (Wildman–Crippen MR) is 106 cm³/mol. The molecule has 0 saturated heterocycles. The smallest absolute Gasteiger partial charge is 0.252 e. The molecule has 2 N–H and O–H groups in total. The molecule has 7 nitrogen and oxygen atoms in total. The average molecular weight is 416 g/mol. The highest BCUT2D eigenvalue weighted by Crippen LogP contribution is 2.23. The first-order valence-corrected chi connectivity index (χ1v) is 10.5. The van der Waals surface area contributed by atoms with Crippen molar-refractivity contribution in [3.8, 4) is 0 Å². The second kappa shape index (κ2) is 9.31. The van der Waals surface area contributed by atoms with Crippen LogP contribution in [0.5, 0.6) is 0 Å². The highest BCUT2D eigenvalue weighted by Gasteiger charge is 2.19. The summed E-state index contributed by atoms with van der Waals surface area (Å²) in [7, 11) is 1.35. The molecule has 2 aromatic rings. The molecule has 10 heteroatoms. The molecular formula is C16H22ClN5O2S2. The highest BCUT2D eigenvalue weighted by atomic mass is 35.5. The van der Waals surface area contributed by atoms with Gasteiger partial charge in [0.15, 0.2) is 5.96 Å². The summed E-state index contributed by atoms with van der Waals surface area (Å²) in [5, 5.41) is 6.87. The Morgan fingerprint density at radius 2 is 2.04 bits per heavy atom. The van der Waals surface area contributed by atoms with Crippen molar-refractivity contribution in [1.82, 2.24) is 19.9 Å². The fourth-order valence-corrected chi connectivity index (χ4v) is 4.62. The summed E-state index contributed by atoms with van der Waals surface area (Å²) >= 11 is 7.02. The van der Waals surface area contributed by atoms with E-state index in [4.69, 9.17) is 11.6 Å². The van der Waals surface area contributed by atoms with Gasteiger partial charge in [-0.3, -0.25) is 4.99 Å². The lowest BCUT2D eigenvalue weighted by atomic mass is 10.2. The molecule has 142 valence electrons. The SMILES string of the molecule is CN=C(NCCc1ccc(Cl)nc1)NCc1ccc(S(=O)(=O)N(C)C)s1. The molecule has 0 unspecified atom stereocenters. The first-order valence-electron chi connectivity index (χ1n) is 7.89. The van der Waals surface area contributed by atoms with E-state index in [0.717, 1.165) is 16.9 Å². The van der Waals surface area contributed by atoms with Crippen LogP contribution in [-0.2, 0) is 23.0 Å². The minimum absolute atomic E-state index is 0.331. The molecule has 0 fully saturated rings. The summed E-state index contributed by atoms with van der Waals surface area (Å²) in [6.07, 6.45) is 2.54. The maximum atomic E-state index is 12.1. The number of sulfonamides is 1. The molecular weight excluding hydrogens is 394 g/mol. The minimum atomic E-state index is -3.39. The quantitative estimate of drug-likeness (QED) is 0.410. The number of thiophene rings is 1. The number of aliphatic imine (C=N–C) groups is 1. The number of nitrogens with one attached hydrogen (secondary N) is 2. The molecule has 2 heterocycles. The van der Waals surface area contributed by atoms with E-state index in [9.17, 15) is 8.42 Å². The normalized spacial score (nSPS) is 12.4. The number of pyridine rings is 1. The lowest BCUT2D eigenvalue weighted by Gasteiger charge is -2.11. The second-order valence-electron chi connectivity index (χ2n) is 5.60. The average Bonchev–Trinajstić information content (AvgIpc) is 3.09. The van der Waals surface area contributed by atoms with E-state index in [-0.39, 0.29) is 0 Å². The van der Waals surface area contributed by atoms with Gasteiger partial charge >= 0.3 is 0 Å². The Balaban J connectivity index is 1.84. The van der Waals surface area contributed by atoms with Crippen LogP contribution in [0.1, 0.15) is 10.4 Å². The summed E-state index contributed by atoms with van der Waals surface area (Å²) in [6, 6.07) is 7.13. The van der Waals surface area contributed by atoms with E-state index >= 15 is 0 Å². The molecule has 0 aliphatic rings. The molecule has 0 radical (unpaired) electrons. The number of nitrogens with zero attached hydrogens (tertiary/aromatic N) is 3. The third kappa shape index (κ3) is 5.66. The van der Waals surface area contributed by atoms with Gasteiger partial charge in [0.05, 0.1) is 6.54 Å². The van der Waals surface area contributed by atoms with Crippen LogP contribution in [0, 0.1) is 0 Å². The summed E-state index contributed by atoms with van der Waals surface area (Å²) in [5.41, 5.74) is 1.08. The molecule has 0 aromatic carbocycles. The monoisotopic (exact) mass is 415 g/mol. The van der Waals surface area contributed by atoms with E-state index < -0.39 is 10.0 Å². The zero-order valence-electron chi connectivity index (χ0n) is 14.9. The molecule has 0 atom stereocenters. The molecule has 0 aliphatic carbocycles. The lowest BCUT2D eigenvalue weighted by molar-refractivity contribution is 0.523. The number of halogens is 1. The fourth-order valence-electron chi connectivity index (χ4n) is 2.04. The van der Waals surface area contributed by atoms with E-state index in [2.05, 4.69) is 20.6 Å². The van der Waals surface area contributed by atoms with Gasteiger partial charge < -0.3 is 10.6 Å². The van der Waals surface area contributed by atoms with Crippen molar-refractivity contribution in [3.63, 3.8) is 0 Å². The van der Waals surface area contributed by atoms with Crippen LogP contribution in [0.3, 0.4) is 0 Å². The fraction of sp³-hybridized carbons (Fsp3) is 0.375. The van der Waals surface area contributed by atoms with E-state index in [1.165, 1.54) is 29.7 Å². The number of rotatable bonds is 7. The van der Waals surface area contributed by atoms with Crippen LogP contribution in [0.15, 0.2) is 39.7 Å². The number of guanidine groups is 1. The maximum absolute atomic E-state index is 12.1. The van der Waals surface area contributed by atoms with Crippen LogP contribution in [0.4, 0.5) is 0 Å². The van der Waals surface area contributed by atoms with E-state index in [0.29, 0.717) is 28.4 Å². The topological polar surface area (TPSA) is 86.7 Å². The number of hydrogen-bond acceptors (Lipinski definition) is 5. The third-order valence-corrected chi connectivity index (χ3v) is 7.11. The largest absolute Gasteiger partial charge is 0.356 e. The van der Waals surface area contributed by atoms with E-state index in [1.54, 1.807) is 31.4 Å². The van der Waals surface area contributed by atoms with Crippen LogP contribution in [0.25, 0.3) is 0 Å². The highest BCUT2D eigenvalue weighted by molar-refractivity contribution is 7.91. The molecule has 2 aromatic heterocycles. The van der Waals surface area contributed by atoms with Crippen molar-refractivity contribution in [2.45, 2.75) is 17.2 Å². The van der Waals surface area contributed by atoms with Gasteiger partial charge in [-0.2, -0.15) is 0 Å². The van der Waals surface area contributed by atoms with Crippen LogP contribution in [-0.4, -0.2) is 51.4 Å². The van der Waals surface area contributed by atoms with Crippen molar-refractivity contribution in [1.29, 1.82) is 0 Å². The van der Waals surface area contributed by atoms with Gasteiger partial charge in [-0.25, -0.2) is 17.7 Å². The molecule has 26 heavy (non-hydrogen) atoms. The zero-order chi connectivity index (χ0) is 19.2. The Morgan fingerprint density at radius 1 is 1.27 bits per heavy atom. The Morgan fingerprint density at radius 3 is 2.65 bits per heavy atom. The molecule has 0 amide bonds. The van der Waals surface area contributed by atoms with E-state index in [1.807, 2.05) is 6.07 Å². The first-order chi connectivity index (χ1) is 12.3. The Kier molecular flexibility index (Phi) is 7.39. The summed E-state index contributed by atoms with van der Waals surface area (Å²) < 4.78 is 25.7. The second-order valence-corrected chi connectivity index (χ2v) is 9.53. The minimum Gasteiger partial charge on any atom is -0.356 e. The molecule has 0 aliphatic heterocycles. The lowest BCUT2D eigenvalue weighted by Crippen LogP contribution is -2.37. The van der Waals surface area contributed by atoms with Gasteiger partial charge in [-0.05, 0) is 30.2 Å². The van der Waals surface area contributed by atoms with Gasteiger partial charge in [-0.1, -0.05) is 17.7 Å². The third-order valence-electron chi connectivity index (χ3n) is 3.52. The Labute approximate surface area is 163 Å². The van der Waals surface area contributed by atoms with Gasteiger partial charge in [0.2, 0.25) is 0 Å². The summed E-state index contributed by atoms with van der Waals surface area (Å²) in [5.74, 6) is 0.650. The van der Waals surface area contributed by atoms with Gasteiger partial charge in [0.1, 0.15) is 9.36 Å².